The second-order valence-electron chi connectivity index (χ2n) is 1.19. The second-order valence-corrected chi connectivity index (χ2v) is 1.64. The minimum absolute atomic E-state index is 0.949. The van der Waals surface area contributed by atoms with Crippen molar-refractivity contribution in [3.05, 3.63) is 17.5 Å². The molecule has 0 unspecified atom stereocenters. The summed E-state index contributed by atoms with van der Waals surface area (Å²) in [5.41, 5.74) is 1.10. The number of hydrogen-bond acceptors (Lipinski definition) is 0. The summed E-state index contributed by atoms with van der Waals surface area (Å²) >= 11 is 5.35. The topological polar surface area (TPSA) is 0 Å². The van der Waals surface area contributed by atoms with Gasteiger partial charge in [0.2, 0.25) is 0 Å². The van der Waals surface area contributed by atoms with E-state index in [4.69, 9.17) is 11.6 Å². The maximum Gasteiger partial charge on any atom is 0.0217 e. The van der Waals surface area contributed by atoms with Crippen LogP contribution in [-0.2, 0) is 0 Å². The Morgan fingerprint density at radius 2 is 2.00 bits per heavy atom. The molecular weight excluding hydrogens is 83.5 g/mol. The van der Waals surface area contributed by atoms with Gasteiger partial charge in [-0.15, -0.1) is 0 Å². The lowest BCUT2D eigenvalue weighted by Crippen LogP contribution is -1.28. The SMILES string of the molecule is [CH2]C1=C(Cl)C1. The first-order chi connectivity index (χ1) is 2.30. The van der Waals surface area contributed by atoms with Crippen molar-refractivity contribution >= 4 is 11.6 Å². The Kier molecular flexibility index (Phi) is 0.483. The van der Waals surface area contributed by atoms with E-state index in [1.807, 2.05) is 0 Å². The summed E-state index contributed by atoms with van der Waals surface area (Å²) in [5.74, 6) is 0. The lowest BCUT2D eigenvalue weighted by molar-refractivity contribution is 1.58. The predicted octanol–water partition coefficient (Wildman–Crippen LogP) is 1.72. The molecule has 0 aromatic heterocycles. The van der Waals surface area contributed by atoms with Crippen molar-refractivity contribution < 1.29 is 0 Å². The molecule has 0 aromatic carbocycles. The average molecular weight is 87.5 g/mol. The van der Waals surface area contributed by atoms with Crippen LogP contribution in [0, 0.1) is 6.92 Å². The van der Waals surface area contributed by atoms with Crippen LogP contribution in [0.2, 0.25) is 0 Å². The van der Waals surface area contributed by atoms with Crippen LogP contribution in [0.25, 0.3) is 0 Å². The van der Waals surface area contributed by atoms with Crippen molar-refractivity contribution in [3.8, 4) is 0 Å². The van der Waals surface area contributed by atoms with Gasteiger partial charge in [0.1, 0.15) is 0 Å². The maximum atomic E-state index is 5.35. The lowest BCUT2D eigenvalue weighted by atomic mass is 10.6. The van der Waals surface area contributed by atoms with Crippen LogP contribution >= 0.6 is 11.6 Å². The van der Waals surface area contributed by atoms with E-state index in [1.54, 1.807) is 0 Å². The lowest BCUT2D eigenvalue weighted by Gasteiger charge is -1.45. The highest BCUT2D eigenvalue weighted by Gasteiger charge is 2.11. The fraction of sp³-hybridized carbons (Fsp3) is 0.250. The molecule has 0 bridgehead atoms. The van der Waals surface area contributed by atoms with Crippen LogP contribution in [0.4, 0.5) is 0 Å². The van der Waals surface area contributed by atoms with Gasteiger partial charge in [-0.2, -0.15) is 0 Å². The molecule has 0 saturated heterocycles. The zero-order valence-electron chi connectivity index (χ0n) is 2.79. The average Bonchev–Trinajstić information content (AvgIpc) is 1.79. The number of allylic oxidation sites excluding steroid dienone is 2. The molecule has 1 heteroatoms. The van der Waals surface area contributed by atoms with Crippen LogP contribution in [0.3, 0.4) is 0 Å². The molecule has 1 radical (unpaired) electrons. The molecule has 0 atom stereocenters. The summed E-state index contributed by atoms with van der Waals surface area (Å²) in [6.07, 6.45) is 0.960. The van der Waals surface area contributed by atoms with Crippen molar-refractivity contribution in [1.29, 1.82) is 0 Å². The Morgan fingerprint density at radius 1 is 1.80 bits per heavy atom. The number of rotatable bonds is 0. The maximum absolute atomic E-state index is 5.35. The molecule has 0 fully saturated rings. The smallest absolute Gasteiger partial charge is 0.0217 e. The first-order valence-corrected chi connectivity index (χ1v) is 1.88. The van der Waals surface area contributed by atoms with Crippen LogP contribution in [0.1, 0.15) is 6.42 Å². The van der Waals surface area contributed by atoms with E-state index in [2.05, 4.69) is 6.92 Å². The van der Waals surface area contributed by atoms with Gasteiger partial charge >= 0.3 is 0 Å². The van der Waals surface area contributed by atoms with Crippen LogP contribution in [-0.4, -0.2) is 0 Å². The molecule has 0 amide bonds. The highest BCUT2D eigenvalue weighted by atomic mass is 35.5. The molecule has 1 rings (SSSR count). The minimum Gasteiger partial charge on any atom is -0.0888 e. The van der Waals surface area contributed by atoms with Gasteiger partial charge in [0.15, 0.2) is 0 Å². The third-order valence-corrected chi connectivity index (χ3v) is 1.03. The zero-order chi connectivity index (χ0) is 3.86. The number of hydrogen-bond donors (Lipinski definition) is 0. The van der Waals surface area contributed by atoms with Crippen molar-refractivity contribution in [2.75, 3.05) is 0 Å². The molecule has 0 aliphatic heterocycles. The molecule has 1 aliphatic rings. The third-order valence-electron chi connectivity index (χ3n) is 0.627. The van der Waals surface area contributed by atoms with E-state index in [-0.39, 0.29) is 0 Å². The Bertz CT molecular complexity index is 71.6. The summed E-state index contributed by atoms with van der Waals surface area (Å²) in [5, 5.41) is 0.949. The van der Waals surface area contributed by atoms with Gasteiger partial charge in [0.25, 0.3) is 0 Å². The summed E-state index contributed by atoms with van der Waals surface area (Å²) in [6.45, 7) is 3.58. The fourth-order valence-electron chi connectivity index (χ4n) is 0.143. The van der Waals surface area contributed by atoms with E-state index in [0.717, 1.165) is 17.0 Å². The van der Waals surface area contributed by atoms with Gasteiger partial charge in [0, 0.05) is 11.5 Å². The van der Waals surface area contributed by atoms with Crippen LogP contribution in [0.5, 0.6) is 0 Å². The molecule has 27 valence electrons. The van der Waals surface area contributed by atoms with Crippen molar-refractivity contribution in [3.63, 3.8) is 0 Å². The third kappa shape index (κ3) is 0.457. The standard InChI is InChI=1S/C4H4Cl/c1-3-2-4(3)5/h1-2H2. The highest BCUT2D eigenvalue weighted by Crippen LogP contribution is 2.32. The summed E-state index contributed by atoms with van der Waals surface area (Å²) in [4.78, 5) is 0. The predicted molar refractivity (Wildman–Crippen MR) is 22.9 cm³/mol. The van der Waals surface area contributed by atoms with Crippen molar-refractivity contribution in [1.82, 2.24) is 0 Å². The molecule has 0 aromatic rings. The van der Waals surface area contributed by atoms with Crippen molar-refractivity contribution in [2.45, 2.75) is 6.42 Å². The monoisotopic (exact) mass is 87.0 g/mol. The van der Waals surface area contributed by atoms with E-state index in [1.165, 1.54) is 0 Å². The Hall–Kier alpha value is 0.0300. The van der Waals surface area contributed by atoms with Gasteiger partial charge in [-0.3, -0.25) is 0 Å². The molecular formula is C4H4Cl. The van der Waals surface area contributed by atoms with E-state index < -0.39 is 0 Å². The zero-order valence-corrected chi connectivity index (χ0v) is 3.55. The van der Waals surface area contributed by atoms with E-state index >= 15 is 0 Å². The normalized spacial score (nSPS) is 20.4. The molecule has 0 spiro atoms. The summed E-state index contributed by atoms with van der Waals surface area (Å²) in [6, 6.07) is 0. The first-order valence-electron chi connectivity index (χ1n) is 1.50. The first kappa shape index (κ1) is 3.23. The van der Waals surface area contributed by atoms with Crippen LogP contribution in [0.15, 0.2) is 10.6 Å². The van der Waals surface area contributed by atoms with Crippen molar-refractivity contribution in [2.24, 2.45) is 0 Å². The Morgan fingerprint density at radius 3 is 2.00 bits per heavy atom. The Balaban J connectivity index is 2.59. The highest BCUT2D eigenvalue weighted by molar-refractivity contribution is 6.32. The van der Waals surface area contributed by atoms with Gasteiger partial charge in [-0.05, 0) is 12.5 Å². The van der Waals surface area contributed by atoms with Crippen LogP contribution < -0.4 is 0 Å². The van der Waals surface area contributed by atoms with E-state index in [0.29, 0.717) is 0 Å². The van der Waals surface area contributed by atoms with Gasteiger partial charge in [-0.1, -0.05) is 11.6 Å². The largest absolute Gasteiger partial charge is 0.0888 e. The van der Waals surface area contributed by atoms with E-state index in [9.17, 15) is 0 Å². The summed E-state index contributed by atoms with van der Waals surface area (Å²) in [7, 11) is 0. The molecule has 5 heavy (non-hydrogen) atoms. The van der Waals surface area contributed by atoms with Gasteiger partial charge in [0.05, 0.1) is 0 Å². The second kappa shape index (κ2) is 0.749. The fourth-order valence-corrected chi connectivity index (χ4v) is 0.304. The van der Waals surface area contributed by atoms with Gasteiger partial charge in [-0.25, -0.2) is 0 Å². The molecule has 0 N–H and O–H groups in total. The minimum atomic E-state index is 0.949. The Labute approximate surface area is 36.4 Å². The van der Waals surface area contributed by atoms with Gasteiger partial charge < -0.3 is 0 Å². The molecule has 0 saturated carbocycles. The molecule has 0 nitrogen and oxygen atoms in total. The molecule has 0 heterocycles. The summed E-state index contributed by atoms with van der Waals surface area (Å²) < 4.78 is 0. The quantitative estimate of drug-likeness (QED) is 0.422. The molecule has 1 aliphatic carbocycles. The number of halogens is 1.